The second-order valence-electron chi connectivity index (χ2n) is 4.02. The third-order valence-corrected chi connectivity index (χ3v) is 5.96. The van der Waals surface area contributed by atoms with Crippen molar-refractivity contribution in [3.05, 3.63) is 42.8 Å². The number of carbonyl (C=O) groups excluding carboxylic acids is 1. The highest BCUT2D eigenvalue weighted by Crippen LogP contribution is 2.31. The smallest absolute Gasteiger partial charge is 0.213 e. The van der Waals surface area contributed by atoms with E-state index in [1.54, 1.807) is 22.7 Å². The molecule has 0 unspecified atom stereocenters. The Hall–Kier alpha value is 0.0300. The number of thiophene rings is 2. The lowest BCUT2D eigenvalue weighted by Crippen LogP contribution is -2.01. The van der Waals surface area contributed by atoms with Gasteiger partial charge in [-0.1, -0.05) is 31.9 Å². The Morgan fingerprint density at radius 1 is 1.00 bits per heavy atom. The summed E-state index contributed by atoms with van der Waals surface area (Å²) in [6.45, 7) is 4.08. The van der Waals surface area contributed by atoms with Gasteiger partial charge in [-0.3, -0.25) is 4.79 Å². The van der Waals surface area contributed by atoms with Crippen molar-refractivity contribution in [2.75, 3.05) is 0 Å². The number of aryl methyl sites for hydroxylation is 2. The van der Waals surface area contributed by atoms with Gasteiger partial charge in [0.25, 0.3) is 0 Å². The van der Waals surface area contributed by atoms with Crippen LogP contribution in [0.1, 0.15) is 35.4 Å². The molecule has 0 aromatic carbocycles. The molecule has 5 heteroatoms. The van der Waals surface area contributed by atoms with Crippen LogP contribution in [0.3, 0.4) is 0 Å². The number of ketones is 1. The molecule has 18 heavy (non-hydrogen) atoms. The molecule has 0 aliphatic heterocycles. The zero-order valence-electron chi connectivity index (χ0n) is 10.0. The fourth-order valence-electron chi connectivity index (χ4n) is 1.82. The zero-order valence-corrected chi connectivity index (χ0v) is 14.9. The van der Waals surface area contributed by atoms with E-state index in [2.05, 4.69) is 44.0 Å². The van der Waals surface area contributed by atoms with Crippen molar-refractivity contribution >= 4 is 60.3 Å². The fraction of sp³-hybridized carbons (Fsp3) is 0.308. The van der Waals surface area contributed by atoms with E-state index in [9.17, 15) is 4.79 Å². The average Bonchev–Trinajstić information content (AvgIpc) is 2.91. The maximum atomic E-state index is 12.6. The van der Waals surface area contributed by atoms with E-state index in [1.165, 1.54) is 9.75 Å². The van der Waals surface area contributed by atoms with Crippen LogP contribution in [0, 0.1) is 13.8 Å². The lowest BCUT2D eigenvalue weighted by molar-refractivity contribution is 0.104. The Morgan fingerprint density at radius 2 is 1.39 bits per heavy atom. The molecule has 2 rings (SSSR count). The van der Waals surface area contributed by atoms with Gasteiger partial charge in [0.1, 0.15) is 0 Å². The summed E-state index contributed by atoms with van der Waals surface area (Å²) in [6.07, 6.45) is 0. The van der Waals surface area contributed by atoms with Crippen molar-refractivity contribution in [2.45, 2.75) is 24.5 Å². The monoisotopic (exact) mass is 406 g/mol. The number of hydrogen-bond donors (Lipinski definition) is 0. The van der Waals surface area contributed by atoms with Crippen LogP contribution < -0.4 is 0 Å². The summed E-state index contributed by atoms with van der Waals surface area (Å²) in [7, 11) is 0. The van der Waals surface area contributed by atoms with Gasteiger partial charge in [0.15, 0.2) is 0 Å². The number of alkyl halides is 2. The first-order valence-electron chi connectivity index (χ1n) is 5.42. The summed E-state index contributed by atoms with van der Waals surface area (Å²) in [5.74, 6) is 0.162. The third kappa shape index (κ3) is 2.79. The van der Waals surface area contributed by atoms with Gasteiger partial charge in [0, 0.05) is 20.4 Å². The molecule has 0 fully saturated rings. The van der Waals surface area contributed by atoms with Crippen LogP contribution in [0.2, 0.25) is 0 Å². The van der Waals surface area contributed by atoms with E-state index in [-0.39, 0.29) is 5.78 Å². The van der Waals surface area contributed by atoms with Crippen molar-refractivity contribution in [2.24, 2.45) is 0 Å². The minimum atomic E-state index is 0.162. The van der Waals surface area contributed by atoms with E-state index < -0.39 is 0 Å². The Labute approximate surface area is 131 Å². The normalized spacial score (nSPS) is 10.9. The maximum Gasteiger partial charge on any atom is 0.213 e. The highest BCUT2D eigenvalue weighted by atomic mass is 79.9. The SMILES string of the molecule is Cc1cc(CBr)c(C(=O)c2sc(C)cc2CBr)s1. The predicted octanol–water partition coefficient (Wildman–Crippen LogP) is 5.45. The Bertz CT molecular complexity index is 534. The van der Waals surface area contributed by atoms with Gasteiger partial charge in [0.2, 0.25) is 5.78 Å². The molecule has 2 aromatic rings. The third-order valence-electron chi connectivity index (χ3n) is 2.56. The second-order valence-corrected chi connectivity index (χ2v) is 7.65. The quantitative estimate of drug-likeness (QED) is 0.486. The van der Waals surface area contributed by atoms with Crippen LogP contribution >= 0.6 is 54.5 Å². The van der Waals surface area contributed by atoms with Crippen molar-refractivity contribution in [1.29, 1.82) is 0 Å². The molecule has 0 aliphatic carbocycles. The summed E-state index contributed by atoms with van der Waals surface area (Å²) >= 11 is 10.1. The first-order chi connectivity index (χ1) is 8.56. The molecular formula is C13H12Br2OS2. The first-order valence-corrected chi connectivity index (χ1v) is 9.29. The molecule has 0 saturated carbocycles. The molecular weight excluding hydrogens is 396 g/mol. The molecule has 96 valence electrons. The minimum Gasteiger partial charge on any atom is -0.287 e. The minimum absolute atomic E-state index is 0.162. The van der Waals surface area contributed by atoms with Gasteiger partial charge in [-0.15, -0.1) is 22.7 Å². The maximum absolute atomic E-state index is 12.6. The van der Waals surface area contributed by atoms with Crippen LogP contribution in [-0.2, 0) is 10.7 Å². The number of carbonyl (C=O) groups is 1. The summed E-state index contributed by atoms with van der Waals surface area (Å²) in [6, 6.07) is 4.17. The van der Waals surface area contributed by atoms with Crippen molar-refractivity contribution in [1.82, 2.24) is 0 Å². The van der Waals surface area contributed by atoms with Gasteiger partial charge in [0.05, 0.1) is 9.75 Å². The van der Waals surface area contributed by atoms with Gasteiger partial charge in [-0.05, 0) is 37.1 Å². The Balaban J connectivity index is 2.47. The summed E-state index contributed by atoms with van der Waals surface area (Å²) in [5.41, 5.74) is 2.18. The summed E-state index contributed by atoms with van der Waals surface area (Å²) < 4.78 is 0. The van der Waals surface area contributed by atoms with E-state index in [0.29, 0.717) is 0 Å². The van der Waals surface area contributed by atoms with Crippen LogP contribution in [0.25, 0.3) is 0 Å². The molecule has 0 bridgehead atoms. The summed E-state index contributed by atoms with van der Waals surface area (Å²) in [5, 5.41) is 1.46. The van der Waals surface area contributed by atoms with Crippen molar-refractivity contribution < 1.29 is 4.79 Å². The zero-order chi connectivity index (χ0) is 13.3. The van der Waals surface area contributed by atoms with Crippen LogP contribution in [-0.4, -0.2) is 5.78 Å². The van der Waals surface area contributed by atoms with Crippen LogP contribution in [0.4, 0.5) is 0 Å². The number of hydrogen-bond acceptors (Lipinski definition) is 3. The molecule has 0 saturated heterocycles. The Morgan fingerprint density at radius 3 is 1.72 bits per heavy atom. The molecule has 1 nitrogen and oxygen atoms in total. The van der Waals surface area contributed by atoms with E-state index in [4.69, 9.17) is 0 Å². The Kier molecular flexibility index (Phi) is 4.80. The van der Waals surface area contributed by atoms with Gasteiger partial charge < -0.3 is 0 Å². The van der Waals surface area contributed by atoms with Crippen molar-refractivity contribution in [3.63, 3.8) is 0 Å². The topological polar surface area (TPSA) is 17.1 Å². The van der Waals surface area contributed by atoms with E-state index >= 15 is 0 Å². The lowest BCUT2D eigenvalue weighted by Gasteiger charge is -2.00. The molecule has 0 aliphatic rings. The highest BCUT2D eigenvalue weighted by Gasteiger charge is 2.20. The average molecular weight is 408 g/mol. The van der Waals surface area contributed by atoms with E-state index in [0.717, 1.165) is 31.5 Å². The van der Waals surface area contributed by atoms with Crippen LogP contribution in [0.5, 0.6) is 0 Å². The van der Waals surface area contributed by atoms with Gasteiger partial charge in [-0.25, -0.2) is 0 Å². The summed E-state index contributed by atoms with van der Waals surface area (Å²) in [4.78, 5) is 16.7. The largest absolute Gasteiger partial charge is 0.287 e. The standard InChI is InChI=1S/C13H12Br2OS2/c1-7-3-9(5-14)12(17-7)11(16)13-10(6-15)4-8(2)18-13/h3-4H,5-6H2,1-2H3. The van der Waals surface area contributed by atoms with E-state index in [1.807, 2.05) is 13.8 Å². The second kappa shape index (κ2) is 5.99. The van der Waals surface area contributed by atoms with Crippen LogP contribution in [0.15, 0.2) is 12.1 Å². The molecule has 0 radical (unpaired) electrons. The molecule has 0 N–H and O–H groups in total. The molecule has 0 amide bonds. The fourth-order valence-corrected chi connectivity index (χ4v) is 5.10. The van der Waals surface area contributed by atoms with Gasteiger partial charge in [-0.2, -0.15) is 0 Å². The van der Waals surface area contributed by atoms with Gasteiger partial charge >= 0.3 is 0 Å². The number of rotatable bonds is 4. The van der Waals surface area contributed by atoms with Crippen molar-refractivity contribution in [3.8, 4) is 0 Å². The molecule has 0 atom stereocenters. The lowest BCUT2D eigenvalue weighted by atomic mass is 10.1. The molecule has 2 aromatic heterocycles. The molecule has 0 spiro atoms. The molecule has 2 heterocycles. The first kappa shape index (κ1) is 14.4. The number of halogens is 2. The highest BCUT2D eigenvalue weighted by molar-refractivity contribution is 9.08. The predicted molar refractivity (Wildman–Crippen MR) is 86.8 cm³/mol.